The van der Waals surface area contributed by atoms with Crippen molar-refractivity contribution >= 4 is 5.91 Å². The highest BCUT2D eigenvalue weighted by Gasteiger charge is 2.15. The Balaban J connectivity index is 1.73. The summed E-state index contributed by atoms with van der Waals surface area (Å²) in [5.74, 6) is 1.23. The van der Waals surface area contributed by atoms with Crippen molar-refractivity contribution in [1.82, 2.24) is 15.5 Å². The normalized spacial score (nSPS) is 10.5. The average molecular weight is 337 g/mol. The van der Waals surface area contributed by atoms with Gasteiger partial charge in [-0.25, -0.2) is 4.98 Å². The van der Waals surface area contributed by atoms with Gasteiger partial charge in [0.1, 0.15) is 17.2 Å². The van der Waals surface area contributed by atoms with E-state index < -0.39 is 0 Å². The molecule has 6 nitrogen and oxygen atoms in total. The highest BCUT2D eigenvalue weighted by Crippen LogP contribution is 2.25. The first kappa shape index (κ1) is 16.7. The van der Waals surface area contributed by atoms with Gasteiger partial charge in [-0.1, -0.05) is 23.4 Å². The summed E-state index contributed by atoms with van der Waals surface area (Å²) in [6.45, 7) is 4.09. The van der Waals surface area contributed by atoms with Crippen LogP contribution in [0.15, 0.2) is 47.0 Å². The van der Waals surface area contributed by atoms with Crippen LogP contribution < -0.4 is 10.1 Å². The number of amides is 1. The van der Waals surface area contributed by atoms with Gasteiger partial charge in [-0.2, -0.15) is 0 Å². The van der Waals surface area contributed by atoms with Gasteiger partial charge < -0.3 is 14.6 Å². The number of hydrogen-bond donors (Lipinski definition) is 1. The number of benzene rings is 1. The van der Waals surface area contributed by atoms with Crippen molar-refractivity contribution in [2.75, 3.05) is 7.11 Å². The standard InChI is InChI=1S/C19H19N3O3/c1-12-18(13(2)25-22-12)16-5-4-6-17(21-16)19(23)20-11-14-7-9-15(24-3)10-8-14/h4-10H,11H2,1-3H3,(H,20,23). The maximum Gasteiger partial charge on any atom is 0.270 e. The number of carbonyl (C=O) groups is 1. The summed E-state index contributed by atoms with van der Waals surface area (Å²) in [6, 6.07) is 12.9. The second-order valence-electron chi connectivity index (χ2n) is 5.64. The van der Waals surface area contributed by atoms with Crippen molar-refractivity contribution < 1.29 is 14.1 Å². The number of aryl methyl sites for hydroxylation is 2. The number of nitrogens with one attached hydrogen (secondary N) is 1. The van der Waals surface area contributed by atoms with Gasteiger partial charge in [-0.15, -0.1) is 0 Å². The van der Waals surface area contributed by atoms with Crippen molar-refractivity contribution in [3.05, 3.63) is 65.2 Å². The van der Waals surface area contributed by atoms with Crippen LogP contribution in [0.5, 0.6) is 5.75 Å². The fourth-order valence-corrected chi connectivity index (χ4v) is 2.57. The largest absolute Gasteiger partial charge is 0.497 e. The lowest BCUT2D eigenvalue weighted by molar-refractivity contribution is 0.0946. The molecule has 0 spiro atoms. The molecule has 0 aliphatic carbocycles. The van der Waals surface area contributed by atoms with Crippen molar-refractivity contribution in [3.8, 4) is 17.0 Å². The molecule has 1 amide bonds. The molecule has 0 fully saturated rings. The van der Waals surface area contributed by atoms with E-state index >= 15 is 0 Å². The molecule has 128 valence electrons. The Kier molecular flexibility index (Phi) is 4.79. The number of hydrogen-bond acceptors (Lipinski definition) is 5. The van der Waals surface area contributed by atoms with E-state index in [-0.39, 0.29) is 5.91 Å². The van der Waals surface area contributed by atoms with Gasteiger partial charge in [0.05, 0.1) is 24.1 Å². The summed E-state index contributed by atoms with van der Waals surface area (Å²) >= 11 is 0. The van der Waals surface area contributed by atoms with Crippen LogP contribution in [0.2, 0.25) is 0 Å². The SMILES string of the molecule is COc1ccc(CNC(=O)c2cccc(-c3c(C)noc3C)n2)cc1. The number of aromatic nitrogens is 2. The monoisotopic (exact) mass is 337 g/mol. The lowest BCUT2D eigenvalue weighted by atomic mass is 10.1. The molecule has 0 saturated heterocycles. The minimum absolute atomic E-state index is 0.232. The van der Waals surface area contributed by atoms with Gasteiger partial charge in [0.15, 0.2) is 0 Å². The average Bonchev–Trinajstić information content (AvgIpc) is 2.98. The molecule has 1 aromatic carbocycles. The quantitative estimate of drug-likeness (QED) is 0.773. The second-order valence-corrected chi connectivity index (χ2v) is 5.64. The zero-order valence-electron chi connectivity index (χ0n) is 14.4. The molecule has 0 atom stereocenters. The molecule has 6 heteroatoms. The summed E-state index contributed by atoms with van der Waals surface area (Å²) in [4.78, 5) is 16.8. The van der Waals surface area contributed by atoms with E-state index in [1.165, 1.54) is 0 Å². The van der Waals surface area contributed by atoms with Crippen LogP contribution in [0, 0.1) is 13.8 Å². The van der Waals surface area contributed by atoms with E-state index in [2.05, 4.69) is 15.5 Å². The van der Waals surface area contributed by atoms with E-state index in [4.69, 9.17) is 9.26 Å². The molecule has 1 N–H and O–H groups in total. The summed E-state index contributed by atoms with van der Waals surface area (Å²) in [7, 11) is 1.62. The molecule has 0 unspecified atom stereocenters. The maximum absolute atomic E-state index is 12.4. The van der Waals surface area contributed by atoms with Crippen molar-refractivity contribution in [2.24, 2.45) is 0 Å². The van der Waals surface area contributed by atoms with Crippen LogP contribution in [0.1, 0.15) is 27.5 Å². The summed E-state index contributed by atoms with van der Waals surface area (Å²) in [5, 5.41) is 6.80. The maximum atomic E-state index is 12.4. The molecule has 2 heterocycles. The smallest absolute Gasteiger partial charge is 0.270 e. The zero-order chi connectivity index (χ0) is 17.8. The van der Waals surface area contributed by atoms with Crippen molar-refractivity contribution in [1.29, 1.82) is 0 Å². The third-order valence-corrected chi connectivity index (χ3v) is 3.88. The number of pyridine rings is 1. The Labute approximate surface area is 145 Å². The van der Waals surface area contributed by atoms with Gasteiger partial charge in [0.25, 0.3) is 5.91 Å². The minimum Gasteiger partial charge on any atom is -0.497 e. The Morgan fingerprint density at radius 2 is 1.92 bits per heavy atom. The van der Waals surface area contributed by atoms with Crippen LogP contribution in [-0.4, -0.2) is 23.2 Å². The fraction of sp³-hybridized carbons (Fsp3) is 0.211. The van der Waals surface area contributed by atoms with Crippen LogP contribution in [0.3, 0.4) is 0 Å². The van der Waals surface area contributed by atoms with Gasteiger partial charge in [-0.05, 0) is 43.7 Å². The highest BCUT2D eigenvalue weighted by molar-refractivity contribution is 5.92. The number of rotatable bonds is 5. The first-order chi connectivity index (χ1) is 12.1. The summed E-state index contributed by atoms with van der Waals surface area (Å²) in [6.07, 6.45) is 0. The van der Waals surface area contributed by atoms with Crippen molar-refractivity contribution in [2.45, 2.75) is 20.4 Å². The van der Waals surface area contributed by atoms with E-state index in [0.717, 1.165) is 22.6 Å². The first-order valence-corrected chi connectivity index (χ1v) is 7.90. The minimum atomic E-state index is -0.232. The fourth-order valence-electron chi connectivity index (χ4n) is 2.57. The summed E-state index contributed by atoms with van der Waals surface area (Å²) in [5.41, 5.74) is 3.58. The Morgan fingerprint density at radius 1 is 1.16 bits per heavy atom. The van der Waals surface area contributed by atoms with Gasteiger partial charge in [-0.3, -0.25) is 4.79 Å². The van der Waals surface area contributed by atoms with Gasteiger partial charge in [0.2, 0.25) is 0 Å². The molecule has 25 heavy (non-hydrogen) atoms. The van der Waals surface area contributed by atoms with Crippen LogP contribution in [-0.2, 0) is 6.54 Å². The number of methoxy groups -OCH3 is 1. The van der Waals surface area contributed by atoms with Gasteiger partial charge >= 0.3 is 0 Å². The predicted octanol–water partition coefficient (Wildman–Crippen LogP) is 3.29. The third-order valence-electron chi connectivity index (χ3n) is 3.88. The lowest BCUT2D eigenvalue weighted by Gasteiger charge is -2.07. The molecule has 2 aromatic heterocycles. The Hall–Kier alpha value is -3.15. The van der Waals surface area contributed by atoms with E-state index in [1.54, 1.807) is 19.2 Å². The topological polar surface area (TPSA) is 77.2 Å². The number of nitrogens with zero attached hydrogens (tertiary/aromatic N) is 2. The molecule has 3 rings (SSSR count). The van der Waals surface area contributed by atoms with E-state index in [0.29, 0.717) is 23.7 Å². The third kappa shape index (κ3) is 3.68. The van der Waals surface area contributed by atoms with Crippen LogP contribution in [0.25, 0.3) is 11.3 Å². The molecule has 0 bridgehead atoms. The Bertz CT molecular complexity index is 866. The zero-order valence-corrected chi connectivity index (χ0v) is 14.4. The first-order valence-electron chi connectivity index (χ1n) is 7.90. The molecular formula is C19H19N3O3. The van der Waals surface area contributed by atoms with Crippen molar-refractivity contribution in [3.63, 3.8) is 0 Å². The second kappa shape index (κ2) is 7.17. The van der Waals surface area contributed by atoms with Crippen LogP contribution in [0.4, 0.5) is 0 Å². The number of ether oxygens (including phenoxy) is 1. The Morgan fingerprint density at radius 3 is 2.56 bits per heavy atom. The molecular weight excluding hydrogens is 318 g/mol. The molecule has 0 radical (unpaired) electrons. The van der Waals surface area contributed by atoms with Gasteiger partial charge in [0, 0.05) is 6.54 Å². The highest BCUT2D eigenvalue weighted by atomic mass is 16.5. The molecule has 0 aliphatic heterocycles. The van der Waals surface area contributed by atoms with E-state index in [9.17, 15) is 4.79 Å². The lowest BCUT2D eigenvalue weighted by Crippen LogP contribution is -2.23. The van der Waals surface area contributed by atoms with E-state index in [1.807, 2.05) is 44.2 Å². The number of carbonyl (C=O) groups excluding carboxylic acids is 1. The molecule has 3 aromatic rings. The summed E-state index contributed by atoms with van der Waals surface area (Å²) < 4.78 is 10.3. The van der Waals surface area contributed by atoms with Crippen LogP contribution >= 0.6 is 0 Å². The molecule has 0 aliphatic rings. The predicted molar refractivity (Wildman–Crippen MR) is 93.4 cm³/mol. The molecule has 0 saturated carbocycles.